The van der Waals surface area contributed by atoms with Gasteiger partial charge in [0.2, 0.25) is 11.9 Å². The highest BCUT2D eigenvalue weighted by atomic mass is 35.5. The van der Waals surface area contributed by atoms with Gasteiger partial charge in [-0.2, -0.15) is 5.10 Å². The normalized spacial score (nSPS) is 16.9. The number of anilines is 1. The van der Waals surface area contributed by atoms with E-state index in [1.807, 2.05) is 24.1 Å². The molecule has 1 aromatic heterocycles. The zero-order valence-corrected chi connectivity index (χ0v) is 19.2. The molecule has 12 heteroatoms. The second-order valence-corrected chi connectivity index (χ2v) is 8.99. The van der Waals surface area contributed by atoms with Crippen molar-refractivity contribution >= 4 is 39.5 Å². The number of ether oxygens (including phenoxy) is 3. The highest BCUT2D eigenvalue weighted by Gasteiger charge is 2.29. The van der Waals surface area contributed by atoms with E-state index in [0.29, 0.717) is 40.9 Å². The van der Waals surface area contributed by atoms with Gasteiger partial charge in [-0.15, -0.1) is 10.2 Å². The Bertz CT molecular complexity index is 1280. The lowest BCUT2D eigenvalue weighted by Crippen LogP contribution is -2.29. The number of nitro benzene ring substituents is 1. The third kappa shape index (κ3) is 3.99. The van der Waals surface area contributed by atoms with E-state index in [-0.39, 0.29) is 23.5 Å². The number of methoxy groups -OCH3 is 1. The molecule has 3 aromatic rings. The van der Waals surface area contributed by atoms with Crippen LogP contribution >= 0.6 is 22.9 Å². The van der Waals surface area contributed by atoms with Crippen LogP contribution in [0.3, 0.4) is 0 Å². The van der Waals surface area contributed by atoms with Crippen LogP contribution in [0.15, 0.2) is 35.4 Å². The summed E-state index contributed by atoms with van der Waals surface area (Å²) in [6.07, 6.45) is 0.652. The SMILES string of the molecule is COCc1nnc(N2N=C(c3ccc([N+](=O)[O-])c(Cl)c3)c3cc4c(cc3CC2C)OCO4)s1. The number of hydrogen-bond acceptors (Lipinski definition) is 10. The number of nitro groups is 1. The van der Waals surface area contributed by atoms with E-state index in [9.17, 15) is 10.1 Å². The van der Waals surface area contributed by atoms with Crippen LogP contribution in [0.4, 0.5) is 10.8 Å². The Balaban J connectivity index is 1.67. The van der Waals surface area contributed by atoms with E-state index in [4.69, 9.17) is 30.9 Å². The predicted molar refractivity (Wildman–Crippen MR) is 123 cm³/mol. The maximum absolute atomic E-state index is 11.3. The van der Waals surface area contributed by atoms with E-state index in [0.717, 1.165) is 16.1 Å². The number of rotatable bonds is 5. The topological polar surface area (TPSA) is 112 Å². The summed E-state index contributed by atoms with van der Waals surface area (Å²) in [5.41, 5.74) is 2.89. The number of halogens is 1. The molecule has 0 N–H and O–H groups in total. The summed E-state index contributed by atoms with van der Waals surface area (Å²) >= 11 is 7.63. The zero-order chi connectivity index (χ0) is 23.1. The van der Waals surface area contributed by atoms with Crippen LogP contribution in [0.5, 0.6) is 11.5 Å². The van der Waals surface area contributed by atoms with Crippen LogP contribution < -0.4 is 14.5 Å². The molecule has 0 saturated heterocycles. The molecule has 0 amide bonds. The number of hydrazone groups is 1. The van der Waals surface area contributed by atoms with Crippen LogP contribution in [0.2, 0.25) is 5.02 Å². The lowest BCUT2D eigenvalue weighted by atomic mass is 9.94. The van der Waals surface area contributed by atoms with Gasteiger partial charge in [0.15, 0.2) is 11.5 Å². The summed E-state index contributed by atoms with van der Waals surface area (Å²) in [5, 5.41) is 27.9. The van der Waals surface area contributed by atoms with Crippen molar-refractivity contribution in [1.82, 2.24) is 10.2 Å². The molecule has 5 rings (SSSR count). The highest BCUT2D eigenvalue weighted by molar-refractivity contribution is 7.15. The monoisotopic (exact) mass is 487 g/mol. The summed E-state index contributed by atoms with van der Waals surface area (Å²) in [4.78, 5) is 10.7. The minimum absolute atomic E-state index is 0.0321. The fourth-order valence-electron chi connectivity index (χ4n) is 3.80. The van der Waals surface area contributed by atoms with E-state index in [1.165, 1.54) is 17.4 Å². The third-order valence-electron chi connectivity index (χ3n) is 5.33. The van der Waals surface area contributed by atoms with Crippen molar-refractivity contribution in [2.45, 2.75) is 26.0 Å². The average Bonchev–Trinajstić information content (AvgIpc) is 3.40. The Morgan fingerprint density at radius 1 is 1.27 bits per heavy atom. The van der Waals surface area contributed by atoms with E-state index in [2.05, 4.69) is 10.2 Å². The summed E-state index contributed by atoms with van der Waals surface area (Å²) in [6, 6.07) is 8.36. The van der Waals surface area contributed by atoms with Crippen molar-refractivity contribution < 1.29 is 19.1 Å². The first-order chi connectivity index (χ1) is 15.9. The molecule has 3 heterocycles. The molecular formula is C21H18ClN5O5S. The smallest absolute Gasteiger partial charge is 0.287 e. The molecule has 0 spiro atoms. The summed E-state index contributed by atoms with van der Waals surface area (Å²) in [6.45, 7) is 2.56. The maximum Gasteiger partial charge on any atom is 0.287 e. The van der Waals surface area contributed by atoms with E-state index < -0.39 is 4.92 Å². The van der Waals surface area contributed by atoms with Crippen molar-refractivity contribution in [3.63, 3.8) is 0 Å². The standard InChI is InChI=1S/C21H18ClN5O5S/c1-11-5-13-7-17-18(32-10-31-17)8-14(13)20(12-3-4-16(27(28)29)15(22)6-12)25-26(11)21-24-23-19(33-21)9-30-2/h3-4,6-8,11H,5,9-10H2,1-2H3. The summed E-state index contributed by atoms with van der Waals surface area (Å²) in [5.74, 6) is 1.29. The van der Waals surface area contributed by atoms with Gasteiger partial charge in [-0.3, -0.25) is 10.1 Å². The molecule has 0 aliphatic carbocycles. The van der Waals surface area contributed by atoms with Crippen LogP contribution in [0, 0.1) is 10.1 Å². The molecule has 0 bridgehead atoms. The van der Waals surface area contributed by atoms with Gasteiger partial charge in [0.25, 0.3) is 5.69 Å². The van der Waals surface area contributed by atoms with Crippen molar-refractivity contribution in [3.8, 4) is 11.5 Å². The van der Waals surface area contributed by atoms with Gasteiger partial charge in [-0.05, 0) is 43.2 Å². The molecule has 33 heavy (non-hydrogen) atoms. The van der Waals surface area contributed by atoms with Crippen molar-refractivity contribution in [2.24, 2.45) is 5.10 Å². The van der Waals surface area contributed by atoms with E-state index >= 15 is 0 Å². The number of benzene rings is 2. The molecule has 2 aliphatic rings. The Labute approximate surface area is 197 Å². The molecule has 0 radical (unpaired) electrons. The van der Waals surface area contributed by atoms with Gasteiger partial charge < -0.3 is 14.2 Å². The Morgan fingerprint density at radius 3 is 2.79 bits per heavy atom. The van der Waals surface area contributed by atoms with Gasteiger partial charge in [0.1, 0.15) is 16.6 Å². The molecule has 0 saturated carbocycles. The number of aromatic nitrogens is 2. The third-order valence-corrected chi connectivity index (χ3v) is 6.52. The van der Waals surface area contributed by atoms with Crippen molar-refractivity contribution in [1.29, 1.82) is 0 Å². The fraction of sp³-hybridized carbons (Fsp3) is 0.286. The van der Waals surface area contributed by atoms with Gasteiger partial charge in [0.05, 0.1) is 16.7 Å². The van der Waals surface area contributed by atoms with Crippen LogP contribution in [-0.2, 0) is 17.8 Å². The summed E-state index contributed by atoms with van der Waals surface area (Å²) < 4.78 is 16.3. The second-order valence-electron chi connectivity index (χ2n) is 7.54. The number of fused-ring (bicyclic) bond motifs is 2. The minimum Gasteiger partial charge on any atom is -0.454 e. The summed E-state index contributed by atoms with van der Waals surface area (Å²) in [7, 11) is 1.60. The first-order valence-corrected chi connectivity index (χ1v) is 11.2. The maximum atomic E-state index is 11.3. The van der Waals surface area contributed by atoms with Gasteiger partial charge >= 0.3 is 0 Å². The molecular weight excluding hydrogens is 470 g/mol. The average molecular weight is 488 g/mol. The first kappa shape index (κ1) is 21.6. The highest BCUT2D eigenvalue weighted by Crippen LogP contribution is 2.39. The lowest BCUT2D eigenvalue weighted by molar-refractivity contribution is -0.384. The Morgan fingerprint density at radius 2 is 2.06 bits per heavy atom. The lowest BCUT2D eigenvalue weighted by Gasteiger charge is -2.21. The second kappa shape index (κ2) is 8.58. The Hall–Kier alpha value is -3.28. The first-order valence-electron chi connectivity index (χ1n) is 10.0. The minimum atomic E-state index is -0.514. The van der Waals surface area contributed by atoms with Crippen molar-refractivity contribution in [2.75, 3.05) is 18.9 Å². The molecule has 170 valence electrons. The molecule has 10 nitrogen and oxygen atoms in total. The van der Waals surface area contributed by atoms with Crippen LogP contribution in [-0.4, -0.2) is 40.8 Å². The van der Waals surface area contributed by atoms with Gasteiger partial charge in [-0.1, -0.05) is 22.9 Å². The molecule has 0 fully saturated rings. The van der Waals surface area contributed by atoms with Gasteiger partial charge in [-0.25, -0.2) is 5.01 Å². The fourth-order valence-corrected chi connectivity index (χ4v) is 4.92. The largest absolute Gasteiger partial charge is 0.454 e. The van der Waals surface area contributed by atoms with Crippen LogP contribution in [0.25, 0.3) is 0 Å². The molecule has 1 atom stereocenters. The quantitative estimate of drug-likeness (QED) is 0.389. The Kier molecular flexibility index (Phi) is 5.60. The molecule has 2 aliphatic heterocycles. The molecule has 1 unspecified atom stereocenters. The zero-order valence-electron chi connectivity index (χ0n) is 17.6. The van der Waals surface area contributed by atoms with Gasteiger partial charge in [0, 0.05) is 24.3 Å². The number of hydrogen-bond donors (Lipinski definition) is 0. The molecule has 2 aromatic carbocycles. The predicted octanol–water partition coefficient (Wildman–Crippen LogP) is 4.18. The van der Waals surface area contributed by atoms with Crippen LogP contribution in [0.1, 0.15) is 28.6 Å². The van der Waals surface area contributed by atoms with Crippen molar-refractivity contribution in [3.05, 3.63) is 67.2 Å². The van der Waals surface area contributed by atoms with E-state index in [1.54, 1.807) is 19.2 Å². The number of nitrogens with zero attached hydrogens (tertiary/aromatic N) is 5.